The molecular weight excluding hydrogens is 386 g/mol. The lowest BCUT2D eigenvalue weighted by molar-refractivity contribution is 1.33. The molecule has 7 rings (SSSR count). The Morgan fingerprint density at radius 2 is 1.19 bits per heavy atom. The summed E-state index contributed by atoms with van der Waals surface area (Å²) < 4.78 is 2.49. The Hall–Kier alpha value is -3.84. The van der Waals surface area contributed by atoms with Gasteiger partial charge in [0.15, 0.2) is 0 Å². The number of fused-ring (bicyclic) bond motifs is 7. The lowest BCUT2D eigenvalue weighted by Gasteiger charge is -2.16. The molecular formula is C31H23N. The Morgan fingerprint density at radius 3 is 2.00 bits per heavy atom. The number of hydrogen-bond donors (Lipinski definition) is 0. The highest BCUT2D eigenvalue weighted by Crippen LogP contribution is 2.46. The van der Waals surface area contributed by atoms with E-state index in [1.807, 2.05) is 0 Å². The van der Waals surface area contributed by atoms with Crippen LogP contribution in [0, 0.1) is 20.8 Å². The summed E-state index contributed by atoms with van der Waals surface area (Å²) in [6.07, 6.45) is 0. The zero-order valence-corrected chi connectivity index (χ0v) is 18.5. The van der Waals surface area contributed by atoms with Gasteiger partial charge in [0.05, 0.1) is 16.6 Å². The average molecular weight is 410 g/mol. The van der Waals surface area contributed by atoms with E-state index in [4.69, 9.17) is 0 Å². The van der Waals surface area contributed by atoms with Gasteiger partial charge in [-0.15, -0.1) is 0 Å². The van der Waals surface area contributed by atoms with Crippen LogP contribution in [-0.4, -0.2) is 4.40 Å². The summed E-state index contributed by atoms with van der Waals surface area (Å²) in [4.78, 5) is 0. The highest BCUT2D eigenvalue weighted by atomic mass is 14.9. The van der Waals surface area contributed by atoms with Crippen LogP contribution >= 0.6 is 0 Å². The van der Waals surface area contributed by atoms with Crippen molar-refractivity contribution < 1.29 is 0 Å². The summed E-state index contributed by atoms with van der Waals surface area (Å²) in [5, 5.41) is 7.99. The van der Waals surface area contributed by atoms with Gasteiger partial charge >= 0.3 is 0 Å². The Labute approximate surface area is 186 Å². The minimum absolute atomic E-state index is 1.28. The second kappa shape index (κ2) is 6.11. The zero-order chi connectivity index (χ0) is 21.6. The van der Waals surface area contributed by atoms with Crippen LogP contribution in [0.4, 0.5) is 0 Å². The summed E-state index contributed by atoms with van der Waals surface area (Å²) in [5.74, 6) is 0. The molecule has 7 aromatic rings. The molecule has 1 nitrogen and oxygen atoms in total. The summed E-state index contributed by atoms with van der Waals surface area (Å²) in [7, 11) is 0. The van der Waals surface area contributed by atoms with E-state index in [-0.39, 0.29) is 0 Å². The maximum Gasteiger partial charge on any atom is 0.0620 e. The summed E-state index contributed by atoms with van der Waals surface area (Å²) in [6.45, 7) is 6.71. The van der Waals surface area contributed by atoms with Crippen LogP contribution in [0.2, 0.25) is 0 Å². The molecule has 0 saturated carbocycles. The van der Waals surface area contributed by atoms with E-state index < -0.39 is 0 Å². The Bertz CT molecular complexity index is 1830. The maximum absolute atomic E-state index is 2.49. The number of rotatable bonds is 1. The Kier molecular flexibility index (Phi) is 3.40. The highest BCUT2D eigenvalue weighted by Gasteiger charge is 2.22. The number of aryl methyl sites for hydroxylation is 3. The summed E-state index contributed by atoms with van der Waals surface area (Å²) in [5.41, 5.74) is 10.7. The van der Waals surface area contributed by atoms with Gasteiger partial charge in [-0.25, -0.2) is 0 Å². The average Bonchev–Trinajstić information content (AvgIpc) is 3.30. The monoisotopic (exact) mass is 409 g/mol. The molecule has 0 aliphatic rings. The first kappa shape index (κ1) is 17.8. The van der Waals surface area contributed by atoms with Gasteiger partial charge in [0.25, 0.3) is 0 Å². The van der Waals surface area contributed by atoms with Crippen molar-refractivity contribution in [1.82, 2.24) is 4.40 Å². The number of nitrogens with zero attached hydrogens (tertiary/aromatic N) is 1. The van der Waals surface area contributed by atoms with Crippen molar-refractivity contribution in [3.63, 3.8) is 0 Å². The van der Waals surface area contributed by atoms with Gasteiger partial charge in [-0.2, -0.15) is 0 Å². The van der Waals surface area contributed by atoms with Gasteiger partial charge in [0, 0.05) is 27.1 Å². The van der Waals surface area contributed by atoms with Crippen LogP contribution in [0.25, 0.3) is 60.0 Å². The van der Waals surface area contributed by atoms with Gasteiger partial charge in [-0.1, -0.05) is 78.4 Å². The minimum Gasteiger partial charge on any atom is -0.308 e. The molecule has 152 valence electrons. The molecule has 2 aromatic heterocycles. The summed E-state index contributed by atoms with van der Waals surface area (Å²) >= 11 is 0. The second-order valence-corrected chi connectivity index (χ2v) is 9.19. The Balaban J connectivity index is 1.84. The topological polar surface area (TPSA) is 4.41 Å². The molecule has 0 radical (unpaired) electrons. The van der Waals surface area contributed by atoms with Crippen molar-refractivity contribution in [2.24, 2.45) is 0 Å². The van der Waals surface area contributed by atoms with E-state index in [9.17, 15) is 0 Å². The normalized spacial score (nSPS) is 12.2. The van der Waals surface area contributed by atoms with Gasteiger partial charge in [-0.3, -0.25) is 0 Å². The largest absolute Gasteiger partial charge is 0.308 e. The van der Waals surface area contributed by atoms with Crippen LogP contribution in [-0.2, 0) is 0 Å². The first-order chi connectivity index (χ1) is 15.6. The molecule has 2 heterocycles. The summed E-state index contributed by atoms with van der Waals surface area (Å²) in [6, 6.07) is 31.5. The van der Waals surface area contributed by atoms with Gasteiger partial charge in [0.2, 0.25) is 0 Å². The van der Waals surface area contributed by atoms with E-state index >= 15 is 0 Å². The number of para-hydroxylation sites is 2. The number of aromatic nitrogens is 1. The molecule has 0 unspecified atom stereocenters. The molecule has 0 atom stereocenters. The molecule has 0 aliphatic heterocycles. The molecule has 32 heavy (non-hydrogen) atoms. The predicted molar refractivity (Wildman–Crippen MR) is 138 cm³/mol. The first-order valence-corrected chi connectivity index (χ1v) is 11.3. The number of hydrogen-bond acceptors (Lipinski definition) is 0. The lowest BCUT2D eigenvalue weighted by Crippen LogP contribution is -1.93. The van der Waals surface area contributed by atoms with Crippen LogP contribution in [0.1, 0.15) is 16.7 Å². The fourth-order valence-electron chi connectivity index (χ4n) is 6.09. The minimum atomic E-state index is 1.28. The fraction of sp³-hybridized carbons (Fsp3) is 0.0968. The molecule has 0 N–H and O–H groups in total. The van der Waals surface area contributed by atoms with Crippen molar-refractivity contribution in [2.75, 3.05) is 0 Å². The molecule has 0 spiro atoms. The first-order valence-electron chi connectivity index (χ1n) is 11.3. The van der Waals surface area contributed by atoms with Crippen molar-refractivity contribution in [3.05, 3.63) is 102 Å². The van der Waals surface area contributed by atoms with Crippen LogP contribution < -0.4 is 0 Å². The smallest absolute Gasteiger partial charge is 0.0620 e. The van der Waals surface area contributed by atoms with E-state index in [0.717, 1.165) is 0 Å². The lowest BCUT2D eigenvalue weighted by atomic mass is 9.87. The van der Waals surface area contributed by atoms with Crippen molar-refractivity contribution >= 4 is 48.9 Å². The molecule has 0 bridgehead atoms. The molecule has 0 amide bonds. The van der Waals surface area contributed by atoms with E-state index in [1.54, 1.807) is 0 Å². The van der Waals surface area contributed by atoms with Crippen LogP contribution in [0.15, 0.2) is 84.9 Å². The predicted octanol–water partition coefficient (Wildman–Crippen LogP) is 8.58. The van der Waals surface area contributed by atoms with Crippen LogP contribution in [0.3, 0.4) is 0 Å². The fourth-order valence-corrected chi connectivity index (χ4v) is 6.09. The third-order valence-electron chi connectivity index (χ3n) is 7.16. The van der Waals surface area contributed by atoms with Crippen LogP contribution in [0.5, 0.6) is 0 Å². The van der Waals surface area contributed by atoms with Crippen molar-refractivity contribution in [3.8, 4) is 11.1 Å². The molecule has 0 aliphatic carbocycles. The standard InChI is InChI=1S/C31H23N/c1-18-15-19(2)28(20(3)16-18)30-22-10-5-4-9-21(22)17-27-29(30)25-13-8-12-24-23-11-6-7-14-26(23)32(27)31(24)25/h4-17H,1-3H3. The van der Waals surface area contributed by atoms with Gasteiger partial charge < -0.3 is 4.40 Å². The Morgan fingerprint density at radius 1 is 0.531 bits per heavy atom. The van der Waals surface area contributed by atoms with E-state index in [1.165, 1.54) is 76.7 Å². The van der Waals surface area contributed by atoms with Gasteiger partial charge in [-0.05, 0) is 60.4 Å². The second-order valence-electron chi connectivity index (χ2n) is 9.19. The zero-order valence-electron chi connectivity index (χ0n) is 18.5. The maximum atomic E-state index is 2.49. The van der Waals surface area contributed by atoms with Crippen molar-refractivity contribution in [2.45, 2.75) is 20.8 Å². The van der Waals surface area contributed by atoms with Gasteiger partial charge in [0.1, 0.15) is 0 Å². The molecule has 0 fully saturated rings. The number of benzene rings is 5. The van der Waals surface area contributed by atoms with E-state index in [2.05, 4.69) is 110 Å². The molecule has 5 aromatic carbocycles. The highest BCUT2D eigenvalue weighted by molar-refractivity contribution is 6.29. The van der Waals surface area contributed by atoms with Crippen molar-refractivity contribution in [1.29, 1.82) is 0 Å². The third-order valence-corrected chi connectivity index (χ3v) is 7.16. The third kappa shape index (κ3) is 2.13. The quantitative estimate of drug-likeness (QED) is 0.256. The van der Waals surface area contributed by atoms with E-state index in [0.29, 0.717) is 0 Å². The molecule has 0 saturated heterocycles. The SMILES string of the molecule is Cc1cc(C)c(-c2c3ccccc3cc3c2c2cccc4c5ccccc5n3c42)c(C)c1. The molecule has 1 heteroatoms.